The van der Waals surface area contributed by atoms with Gasteiger partial charge in [0.1, 0.15) is 11.0 Å². The van der Waals surface area contributed by atoms with Crippen molar-refractivity contribution in [3.63, 3.8) is 0 Å². The Labute approximate surface area is 158 Å². The van der Waals surface area contributed by atoms with E-state index in [4.69, 9.17) is 4.42 Å². The third kappa shape index (κ3) is 7.43. The monoisotopic (exact) mass is 378 g/mol. The molecule has 1 atom stereocenters. The van der Waals surface area contributed by atoms with Gasteiger partial charge in [-0.25, -0.2) is 0 Å². The van der Waals surface area contributed by atoms with Crippen molar-refractivity contribution in [1.29, 1.82) is 0 Å². The van der Waals surface area contributed by atoms with E-state index in [1.807, 2.05) is 0 Å². The Morgan fingerprint density at radius 1 is 1.35 bits per heavy atom. The number of amides is 2. The van der Waals surface area contributed by atoms with E-state index in [0.29, 0.717) is 17.5 Å². The number of hydrogen-bond donors (Lipinski definition) is 2. The van der Waals surface area contributed by atoms with E-state index >= 15 is 0 Å². The summed E-state index contributed by atoms with van der Waals surface area (Å²) in [5.74, 6) is 0.262. The molecule has 1 aliphatic heterocycles. The average Bonchev–Trinajstić information content (AvgIpc) is 3.24. The van der Waals surface area contributed by atoms with Crippen LogP contribution in [0.3, 0.4) is 0 Å². The molecule has 0 spiro atoms. The van der Waals surface area contributed by atoms with Crippen molar-refractivity contribution in [1.82, 2.24) is 10.6 Å². The lowest BCUT2D eigenvalue weighted by atomic mass is 10.1. The Kier molecular flexibility index (Phi) is 8.95. The fraction of sp³-hybridized carbons (Fsp3) is 0.556. The van der Waals surface area contributed by atoms with Gasteiger partial charge in [-0.3, -0.25) is 9.59 Å². The molecule has 2 N–H and O–H groups in total. The summed E-state index contributed by atoms with van der Waals surface area (Å²) >= 11 is 1.22. The van der Waals surface area contributed by atoms with Crippen molar-refractivity contribution in [3.05, 3.63) is 24.2 Å². The number of carbonyl (C=O) groups excluding carboxylic acids is 2. The molecular formula is C18H26N4O3S. The molecule has 0 radical (unpaired) electrons. The highest BCUT2D eigenvalue weighted by Gasteiger charge is 2.32. The fourth-order valence-corrected chi connectivity index (χ4v) is 3.39. The number of nitrogens with zero attached hydrogens (tertiary/aromatic N) is 2. The summed E-state index contributed by atoms with van der Waals surface area (Å²) in [5.41, 5.74) is 0. The first-order valence-corrected chi connectivity index (χ1v) is 9.95. The highest BCUT2D eigenvalue weighted by Crippen LogP contribution is 2.22. The molecule has 8 heteroatoms. The van der Waals surface area contributed by atoms with Crippen LogP contribution in [0.15, 0.2) is 33.0 Å². The van der Waals surface area contributed by atoms with Crippen molar-refractivity contribution in [2.24, 2.45) is 10.2 Å². The third-order valence-electron chi connectivity index (χ3n) is 3.88. The topological polar surface area (TPSA) is 96.1 Å². The van der Waals surface area contributed by atoms with E-state index in [1.165, 1.54) is 43.7 Å². The van der Waals surface area contributed by atoms with Crippen molar-refractivity contribution >= 4 is 35.0 Å². The molecule has 0 unspecified atom stereocenters. The summed E-state index contributed by atoms with van der Waals surface area (Å²) in [6.07, 6.45) is 10.2. The van der Waals surface area contributed by atoms with Crippen molar-refractivity contribution in [2.45, 2.75) is 57.1 Å². The smallest absolute Gasteiger partial charge is 0.240 e. The highest BCUT2D eigenvalue weighted by molar-refractivity contribution is 8.15. The summed E-state index contributed by atoms with van der Waals surface area (Å²) in [7, 11) is 0. The SMILES string of the molecule is CCCCCCCCNC(=O)C[C@H]1S/C(=N/N=C\c2ccco2)NC1=O. The minimum Gasteiger partial charge on any atom is -0.463 e. The zero-order valence-electron chi connectivity index (χ0n) is 15.1. The van der Waals surface area contributed by atoms with Crippen LogP contribution in [0, 0.1) is 0 Å². The van der Waals surface area contributed by atoms with Crippen molar-refractivity contribution in [2.75, 3.05) is 6.54 Å². The normalized spacial score (nSPS) is 18.6. The number of hydrogen-bond acceptors (Lipinski definition) is 6. The van der Waals surface area contributed by atoms with Gasteiger partial charge in [-0.05, 0) is 18.6 Å². The molecule has 1 saturated heterocycles. The van der Waals surface area contributed by atoms with Gasteiger partial charge < -0.3 is 15.1 Å². The summed E-state index contributed by atoms with van der Waals surface area (Å²) in [5, 5.41) is 13.3. The molecular weight excluding hydrogens is 352 g/mol. The molecule has 0 saturated carbocycles. The van der Waals surface area contributed by atoms with E-state index in [0.717, 1.165) is 12.8 Å². The Hall–Kier alpha value is -2.09. The standard InChI is InChI=1S/C18H26N4O3S/c1-2-3-4-5-6-7-10-19-16(23)12-15-17(24)21-18(26-15)22-20-13-14-9-8-11-25-14/h8-9,11,13,15H,2-7,10,12H2,1H3,(H,19,23)(H,21,22,24)/b20-13-/t15-/m1/s1. The van der Waals surface area contributed by atoms with E-state index in [-0.39, 0.29) is 18.2 Å². The van der Waals surface area contributed by atoms with E-state index in [9.17, 15) is 9.59 Å². The van der Waals surface area contributed by atoms with Crippen LogP contribution in [0.5, 0.6) is 0 Å². The maximum Gasteiger partial charge on any atom is 0.240 e. The van der Waals surface area contributed by atoms with Crippen LogP contribution in [0.4, 0.5) is 0 Å². The molecule has 0 aliphatic carbocycles. The lowest BCUT2D eigenvalue weighted by Crippen LogP contribution is -2.31. The summed E-state index contributed by atoms with van der Waals surface area (Å²) in [6, 6.07) is 3.50. The third-order valence-corrected chi connectivity index (χ3v) is 4.95. The molecule has 1 aliphatic rings. The van der Waals surface area contributed by atoms with Gasteiger partial charge in [0.15, 0.2) is 5.17 Å². The van der Waals surface area contributed by atoms with Gasteiger partial charge in [-0.1, -0.05) is 50.8 Å². The van der Waals surface area contributed by atoms with Gasteiger partial charge >= 0.3 is 0 Å². The number of nitrogens with one attached hydrogen (secondary N) is 2. The number of carbonyl (C=O) groups is 2. The minimum absolute atomic E-state index is 0.105. The molecule has 7 nitrogen and oxygen atoms in total. The van der Waals surface area contributed by atoms with Gasteiger partial charge in [-0.2, -0.15) is 5.10 Å². The van der Waals surface area contributed by atoms with Crippen LogP contribution in [-0.2, 0) is 9.59 Å². The Balaban J connectivity index is 1.64. The molecule has 2 rings (SSSR count). The molecule has 1 aromatic heterocycles. The van der Waals surface area contributed by atoms with E-state index in [1.54, 1.807) is 18.4 Å². The van der Waals surface area contributed by atoms with Crippen LogP contribution in [0.2, 0.25) is 0 Å². The van der Waals surface area contributed by atoms with E-state index in [2.05, 4.69) is 27.8 Å². The lowest BCUT2D eigenvalue weighted by molar-refractivity contribution is -0.125. The largest absolute Gasteiger partial charge is 0.463 e. The maximum absolute atomic E-state index is 12.0. The number of unbranched alkanes of at least 4 members (excludes halogenated alkanes) is 5. The second kappa shape index (κ2) is 11.5. The molecule has 142 valence electrons. The van der Waals surface area contributed by atoms with Crippen molar-refractivity contribution in [3.8, 4) is 0 Å². The highest BCUT2D eigenvalue weighted by atomic mass is 32.2. The second-order valence-electron chi connectivity index (χ2n) is 6.08. The van der Waals surface area contributed by atoms with E-state index < -0.39 is 5.25 Å². The predicted octanol–water partition coefficient (Wildman–Crippen LogP) is 3.07. The summed E-state index contributed by atoms with van der Waals surface area (Å²) in [4.78, 5) is 23.9. The van der Waals surface area contributed by atoms with Gasteiger partial charge in [0.05, 0.1) is 12.5 Å². The van der Waals surface area contributed by atoms with Gasteiger partial charge in [0, 0.05) is 13.0 Å². The Bertz CT molecular complexity index is 628. The molecule has 0 aromatic carbocycles. The summed E-state index contributed by atoms with van der Waals surface area (Å²) < 4.78 is 5.10. The van der Waals surface area contributed by atoms with Crippen LogP contribution >= 0.6 is 11.8 Å². The first kappa shape index (κ1) is 20.2. The first-order valence-electron chi connectivity index (χ1n) is 9.07. The second-order valence-corrected chi connectivity index (χ2v) is 7.27. The average molecular weight is 378 g/mol. The quantitative estimate of drug-likeness (QED) is 0.351. The molecule has 1 aromatic rings. The Morgan fingerprint density at radius 2 is 2.15 bits per heavy atom. The number of thioether (sulfide) groups is 1. The van der Waals surface area contributed by atoms with Crippen LogP contribution < -0.4 is 10.6 Å². The first-order chi connectivity index (χ1) is 12.7. The molecule has 2 heterocycles. The maximum atomic E-state index is 12.0. The zero-order valence-corrected chi connectivity index (χ0v) is 15.9. The molecule has 26 heavy (non-hydrogen) atoms. The fourth-order valence-electron chi connectivity index (χ4n) is 2.46. The van der Waals surface area contributed by atoms with Gasteiger partial charge in [-0.15, -0.1) is 5.10 Å². The van der Waals surface area contributed by atoms with Crippen molar-refractivity contribution < 1.29 is 14.0 Å². The van der Waals surface area contributed by atoms with Crippen LogP contribution in [0.1, 0.15) is 57.6 Å². The molecule has 1 fully saturated rings. The zero-order chi connectivity index (χ0) is 18.6. The minimum atomic E-state index is -0.461. The number of furan rings is 1. The van der Waals surface area contributed by atoms with Gasteiger partial charge in [0.2, 0.25) is 11.8 Å². The predicted molar refractivity (Wildman–Crippen MR) is 104 cm³/mol. The summed E-state index contributed by atoms with van der Waals surface area (Å²) in [6.45, 7) is 2.86. The van der Waals surface area contributed by atoms with Gasteiger partial charge in [0.25, 0.3) is 0 Å². The molecule has 2 amide bonds. The number of rotatable bonds is 11. The number of amidine groups is 1. The lowest BCUT2D eigenvalue weighted by Gasteiger charge is -2.07. The Morgan fingerprint density at radius 3 is 2.92 bits per heavy atom. The van der Waals surface area contributed by atoms with Crippen LogP contribution in [0.25, 0.3) is 0 Å². The molecule has 0 bridgehead atoms. The van der Waals surface area contributed by atoms with Crippen LogP contribution in [-0.4, -0.2) is 35.0 Å².